The SMILES string of the molecule is CC(=O)NCC1CCN(Cc2cc(Oc3cnc(N4CCN(C(=O)CC(=O)O)CC4)nc3)nc(-c3cc(Cl)cc(Cl)c3)c2)CC1.Cl. The number of likely N-dealkylation sites (tertiary alicyclic amines) is 1. The van der Waals surface area contributed by atoms with Crippen LogP contribution in [0.4, 0.5) is 5.95 Å². The maximum absolute atomic E-state index is 12.1. The number of piperidine rings is 1. The molecule has 1 aromatic carbocycles. The lowest BCUT2D eigenvalue weighted by Crippen LogP contribution is -2.49. The number of halogens is 3. The number of anilines is 1. The zero-order valence-corrected chi connectivity index (χ0v) is 27.7. The van der Waals surface area contributed by atoms with Crippen LogP contribution in [0.25, 0.3) is 11.3 Å². The Balaban J connectivity index is 0.00000480. The number of benzene rings is 1. The van der Waals surface area contributed by atoms with Gasteiger partial charge in [0, 0.05) is 67.9 Å². The van der Waals surface area contributed by atoms with Crippen LogP contribution in [0.2, 0.25) is 10.0 Å². The molecule has 2 aromatic heterocycles. The van der Waals surface area contributed by atoms with Crippen LogP contribution in [0, 0.1) is 5.92 Å². The average molecular weight is 693 g/mol. The third-order valence-electron chi connectivity index (χ3n) is 7.83. The monoisotopic (exact) mass is 691 g/mol. The standard InChI is InChI=1S/C31H35Cl2N7O5.ClH/c1-20(41)34-16-21-2-4-38(5-3-21)19-22-10-27(23-12-24(32)14-25(33)13-23)37-28(11-22)45-26-17-35-31(36-18-26)40-8-6-39(7-9-40)29(42)15-30(43)44;/h10-14,17-18,21H,2-9,15-16,19H2,1H3,(H,34,41)(H,43,44);1H. The third-order valence-corrected chi connectivity index (χ3v) is 8.26. The molecule has 2 aliphatic heterocycles. The van der Waals surface area contributed by atoms with Gasteiger partial charge < -0.3 is 25.0 Å². The molecule has 2 aliphatic rings. The molecular formula is C31H36Cl3N7O5. The van der Waals surface area contributed by atoms with Gasteiger partial charge in [0.2, 0.25) is 23.6 Å². The van der Waals surface area contributed by atoms with Gasteiger partial charge in [0.25, 0.3) is 0 Å². The van der Waals surface area contributed by atoms with Crippen molar-refractivity contribution in [3.8, 4) is 22.9 Å². The molecule has 0 saturated carbocycles. The summed E-state index contributed by atoms with van der Waals surface area (Å²) >= 11 is 12.6. The van der Waals surface area contributed by atoms with E-state index in [1.165, 1.54) is 0 Å². The maximum atomic E-state index is 12.1. The average Bonchev–Trinajstić information content (AvgIpc) is 3.00. The molecule has 3 aromatic rings. The van der Waals surface area contributed by atoms with Crippen LogP contribution < -0.4 is 15.0 Å². The summed E-state index contributed by atoms with van der Waals surface area (Å²) in [6.07, 6.45) is 4.65. The minimum absolute atomic E-state index is 0. The fourth-order valence-electron chi connectivity index (χ4n) is 5.49. The van der Waals surface area contributed by atoms with E-state index in [1.807, 2.05) is 29.2 Å². The van der Waals surface area contributed by atoms with Gasteiger partial charge in [0.15, 0.2) is 5.75 Å². The summed E-state index contributed by atoms with van der Waals surface area (Å²) in [5.41, 5.74) is 2.44. The number of nitrogens with one attached hydrogen (secondary N) is 1. The summed E-state index contributed by atoms with van der Waals surface area (Å²) < 4.78 is 6.14. The Bertz CT molecular complexity index is 1510. The van der Waals surface area contributed by atoms with Gasteiger partial charge in [-0.1, -0.05) is 23.2 Å². The first-order valence-corrected chi connectivity index (χ1v) is 15.6. The molecule has 0 unspecified atom stereocenters. The molecule has 4 heterocycles. The molecule has 0 bridgehead atoms. The van der Waals surface area contributed by atoms with Crippen LogP contribution in [0.1, 0.15) is 31.7 Å². The van der Waals surface area contributed by atoms with Gasteiger partial charge in [0.05, 0.1) is 18.1 Å². The summed E-state index contributed by atoms with van der Waals surface area (Å²) in [6, 6.07) is 9.21. The number of nitrogens with zero attached hydrogens (tertiary/aromatic N) is 6. The quantitative estimate of drug-likeness (QED) is 0.291. The Hall–Kier alpha value is -3.71. The molecule has 5 rings (SSSR count). The summed E-state index contributed by atoms with van der Waals surface area (Å²) in [7, 11) is 0. The molecule has 2 amide bonds. The van der Waals surface area contributed by atoms with E-state index in [0.29, 0.717) is 78.5 Å². The summed E-state index contributed by atoms with van der Waals surface area (Å²) in [5, 5.41) is 12.8. The van der Waals surface area contributed by atoms with Gasteiger partial charge in [-0.2, -0.15) is 0 Å². The number of hydrogen-bond acceptors (Lipinski definition) is 9. The second-order valence-corrected chi connectivity index (χ2v) is 12.1. The predicted octanol–water partition coefficient (Wildman–Crippen LogP) is 4.53. The van der Waals surface area contributed by atoms with Gasteiger partial charge in [-0.25, -0.2) is 15.0 Å². The first kappa shape index (κ1) is 35.1. The first-order chi connectivity index (χ1) is 21.6. The van der Waals surface area contributed by atoms with Gasteiger partial charge in [-0.3, -0.25) is 19.3 Å². The third kappa shape index (κ3) is 9.89. The Kier molecular flexibility index (Phi) is 12.4. The number of carboxylic acids is 1. The van der Waals surface area contributed by atoms with Crippen molar-refractivity contribution < 1.29 is 24.2 Å². The molecule has 12 nitrogen and oxygen atoms in total. The van der Waals surface area contributed by atoms with E-state index < -0.39 is 18.3 Å². The van der Waals surface area contributed by atoms with Crippen LogP contribution in [0.5, 0.6) is 11.6 Å². The number of aliphatic carboxylic acids is 1. The van der Waals surface area contributed by atoms with Crippen molar-refractivity contribution in [2.24, 2.45) is 5.92 Å². The van der Waals surface area contributed by atoms with Crippen molar-refractivity contribution in [2.45, 2.75) is 32.7 Å². The number of aromatic nitrogens is 3. The first-order valence-electron chi connectivity index (χ1n) is 14.8. The number of rotatable bonds is 10. The highest BCUT2D eigenvalue weighted by Gasteiger charge is 2.24. The van der Waals surface area contributed by atoms with Crippen molar-refractivity contribution in [3.05, 3.63) is 58.3 Å². The minimum Gasteiger partial charge on any atom is -0.481 e. The zero-order chi connectivity index (χ0) is 31.9. The summed E-state index contributed by atoms with van der Waals surface area (Å²) in [6.45, 7) is 6.56. The number of carboxylic acid groups (broad SMARTS) is 1. The molecular weight excluding hydrogens is 657 g/mol. The van der Waals surface area contributed by atoms with Crippen LogP contribution >= 0.6 is 35.6 Å². The molecule has 46 heavy (non-hydrogen) atoms. The lowest BCUT2D eigenvalue weighted by Gasteiger charge is -2.34. The number of carbonyl (C=O) groups is 3. The van der Waals surface area contributed by atoms with Crippen molar-refractivity contribution in [2.75, 3.05) is 50.7 Å². The van der Waals surface area contributed by atoms with E-state index in [-0.39, 0.29) is 18.3 Å². The minimum atomic E-state index is -1.13. The van der Waals surface area contributed by atoms with Crippen molar-refractivity contribution >= 4 is 59.3 Å². The molecule has 0 aliphatic carbocycles. The van der Waals surface area contributed by atoms with E-state index in [4.69, 9.17) is 38.0 Å². The molecule has 0 atom stereocenters. The summed E-state index contributed by atoms with van der Waals surface area (Å²) in [5.74, 6) is 0.217. The summed E-state index contributed by atoms with van der Waals surface area (Å²) in [4.78, 5) is 53.7. The van der Waals surface area contributed by atoms with Crippen molar-refractivity contribution in [1.82, 2.24) is 30.1 Å². The van der Waals surface area contributed by atoms with Crippen LogP contribution in [0.15, 0.2) is 42.7 Å². The van der Waals surface area contributed by atoms with Crippen LogP contribution in [-0.4, -0.2) is 93.5 Å². The smallest absolute Gasteiger partial charge is 0.312 e. The van der Waals surface area contributed by atoms with Gasteiger partial charge in [-0.05, 0) is 61.7 Å². The number of ether oxygens (including phenoxy) is 1. The molecule has 246 valence electrons. The fraction of sp³-hybridized carbons (Fsp3) is 0.419. The topological polar surface area (TPSA) is 141 Å². The number of amides is 2. The molecule has 0 radical (unpaired) electrons. The molecule has 15 heteroatoms. The number of hydrogen-bond donors (Lipinski definition) is 2. The van der Waals surface area contributed by atoms with Crippen LogP contribution in [0.3, 0.4) is 0 Å². The predicted molar refractivity (Wildman–Crippen MR) is 177 cm³/mol. The van der Waals surface area contributed by atoms with Crippen molar-refractivity contribution in [3.63, 3.8) is 0 Å². The Morgan fingerprint density at radius 2 is 1.61 bits per heavy atom. The highest BCUT2D eigenvalue weighted by Crippen LogP contribution is 2.31. The van der Waals surface area contributed by atoms with Gasteiger partial charge in [0.1, 0.15) is 6.42 Å². The van der Waals surface area contributed by atoms with E-state index in [0.717, 1.165) is 37.1 Å². The maximum Gasteiger partial charge on any atom is 0.312 e. The number of carbonyl (C=O) groups excluding carboxylic acids is 2. The van der Waals surface area contributed by atoms with Gasteiger partial charge >= 0.3 is 5.97 Å². The number of pyridine rings is 1. The highest BCUT2D eigenvalue weighted by atomic mass is 35.5. The number of piperazine rings is 1. The molecule has 0 spiro atoms. The van der Waals surface area contributed by atoms with E-state index in [2.05, 4.69) is 20.2 Å². The second kappa shape index (κ2) is 16.2. The lowest BCUT2D eigenvalue weighted by atomic mass is 9.96. The Morgan fingerprint density at radius 1 is 0.957 bits per heavy atom. The van der Waals surface area contributed by atoms with E-state index in [9.17, 15) is 14.4 Å². The normalized spacial score (nSPS) is 15.6. The Morgan fingerprint density at radius 3 is 2.22 bits per heavy atom. The lowest BCUT2D eigenvalue weighted by molar-refractivity contribution is -0.144. The Labute approximate surface area is 283 Å². The van der Waals surface area contributed by atoms with Crippen LogP contribution in [-0.2, 0) is 20.9 Å². The molecule has 2 fully saturated rings. The van der Waals surface area contributed by atoms with E-state index in [1.54, 1.807) is 30.3 Å². The highest BCUT2D eigenvalue weighted by molar-refractivity contribution is 6.35. The largest absolute Gasteiger partial charge is 0.481 e. The second-order valence-electron chi connectivity index (χ2n) is 11.3. The molecule has 2 N–H and O–H groups in total. The molecule has 2 saturated heterocycles. The zero-order valence-electron chi connectivity index (χ0n) is 25.3. The van der Waals surface area contributed by atoms with Gasteiger partial charge in [-0.15, -0.1) is 12.4 Å². The fourth-order valence-corrected chi connectivity index (χ4v) is 6.02. The van der Waals surface area contributed by atoms with E-state index >= 15 is 0 Å². The van der Waals surface area contributed by atoms with Crippen molar-refractivity contribution in [1.29, 1.82) is 0 Å².